The van der Waals surface area contributed by atoms with Crippen LogP contribution in [0.4, 0.5) is 0 Å². The molecule has 0 aliphatic heterocycles. The van der Waals surface area contributed by atoms with E-state index in [1.807, 2.05) is 33.8 Å². The summed E-state index contributed by atoms with van der Waals surface area (Å²) in [5, 5.41) is 19.0. The lowest BCUT2D eigenvalue weighted by molar-refractivity contribution is -0.140. The summed E-state index contributed by atoms with van der Waals surface area (Å²) in [6.45, 7) is 14.3. The van der Waals surface area contributed by atoms with E-state index in [2.05, 4.69) is 12.6 Å². The van der Waals surface area contributed by atoms with E-state index in [9.17, 15) is 15.2 Å². The maximum Gasteiger partial charge on any atom is 0.320 e. The zero-order valence-electron chi connectivity index (χ0n) is 15.6. The summed E-state index contributed by atoms with van der Waals surface area (Å²) in [5.74, 6) is 0.0328. The van der Waals surface area contributed by atoms with E-state index in [0.717, 1.165) is 12.0 Å². The minimum atomic E-state index is -0.967. The van der Waals surface area contributed by atoms with Crippen LogP contribution in [0.25, 0.3) is 4.91 Å². The first-order valence-corrected chi connectivity index (χ1v) is 9.25. The lowest BCUT2D eigenvalue weighted by Gasteiger charge is -2.31. The van der Waals surface area contributed by atoms with Gasteiger partial charge in [0.25, 0.3) is 0 Å². The summed E-state index contributed by atoms with van der Waals surface area (Å²) in [7, 11) is 0. The molecule has 0 radical (unpaired) electrons. The highest BCUT2D eigenvalue weighted by atomic mass is 32.2. The van der Waals surface area contributed by atoms with Crippen molar-refractivity contribution in [2.45, 2.75) is 45.8 Å². The summed E-state index contributed by atoms with van der Waals surface area (Å²) in [6, 6.07) is 7.43. The van der Waals surface area contributed by atoms with E-state index in [-0.39, 0.29) is 5.92 Å². The number of hydrogen-bond acceptors (Lipinski definition) is 4. The van der Waals surface area contributed by atoms with Gasteiger partial charge in [-0.05, 0) is 36.5 Å². The summed E-state index contributed by atoms with van der Waals surface area (Å²) < 4.78 is 4.70. The number of nitrogens with zero attached hydrogens (tertiary/aromatic N) is 1. The minimum Gasteiger partial charge on any atom is -0.492 e. The summed E-state index contributed by atoms with van der Waals surface area (Å²) in [5.41, 5.74) is 1.18. The molecule has 4 nitrogen and oxygen atoms in total. The van der Waals surface area contributed by atoms with Crippen LogP contribution in [0.1, 0.15) is 52.2 Å². The molecule has 0 aromatic heterocycles. The lowest BCUT2D eigenvalue weighted by atomic mass is 9.93. The molecule has 0 spiro atoms. The van der Waals surface area contributed by atoms with Crippen molar-refractivity contribution in [2.24, 2.45) is 11.8 Å². The number of ether oxygens (including phenoxy) is 1. The van der Waals surface area contributed by atoms with Gasteiger partial charge < -0.3 is 9.84 Å². The first-order valence-electron chi connectivity index (χ1n) is 8.44. The van der Waals surface area contributed by atoms with Gasteiger partial charge in [-0.1, -0.05) is 46.8 Å². The molecule has 5 heteroatoms. The van der Waals surface area contributed by atoms with Crippen molar-refractivity contribution in [3.05, 3.63) is 35.9 Å². The van der Waals surface area contributed by atoms with E-state index in [1.54, 1.807) is 19.1 Å². The maximum atomic E-state index is 11.8. The molecule has 0 saturated carbocycles. The first-order chi connectivity index (χ1) is 11.7. The molecule has 0 bridgehead atoms. The van der Waals surface area contributed by atoms with Crippen molar-refractivity contribution < 1.29 is 14.6 Å². The SMILES string of the molecule is C=C(SC(C)(C(=O)O)C(C)CC)c1ccc(OCC(C)C)c(C#N)c1. The summed E-state index contributed by atoms with van der Waals surface area (Å²) in [6.07, 6.45) is 0.758. The number of carboxylic acids is 1. The number of carboxylic acid groups (broad SMARTS) is 1. The van der Waals surface area contributed by atoms with Crippen LogP contribution in [0.3, 0.4) is 0 Å². The van der Waals surface area contributed by atoms with E-state index < -0.39 is 10.7 Å². The molecule has 25 heavy (non-hydrogen) atoms. The number of benzene rings is 1. The van der Waals surface area contributed by atoms with Crippen LogP contribution in [-0.4, -0.2) is 22.4 Å². The minimum absolute atomic E-state index is 0.0177. The van der Waals surface area contributed by atoms with Crippen LogP contribution in [0.2, 0.25) is 0 Å². The van der Waals surface area contributed by atoms with Crippen molar-refractivity contribution in [1.29, 1.82) is 5.26 Å². The molecule has 1 aromatic rings. The van der Waals surface area contributed by atoms with Gasteiger partial charge in [-0.15, -0.1) is 11.8 Å². The Morgan fingerprint density at radius 3 is 2.56 bits per heavy atom. The van der Waals surface area contributed by atoms with Crippen LogP contribution in [0, 0.1) is 23.2 Å². The Morgan fingerprint density at radius 1 is 1.44 bits per heavy atom. The topological polar surface area (TPSA) is 70.3 Å². The maximum absolute atomic E-state index is 11.8. The van der Waals surface area contributed by atoms with Crippen LogP contribution in [-0.2, 0) is 4.79 Å². The molecule has 2 atom stereocenters. The fraction of sp³-hybridized carbons (Fsp3) is 0.500. The molecule has 1 rings (SSSR count). The summed E-state index contributed by atoms with van der Waals surface area (Å²) in [4.78, 5) is 12.4. The fourth-order valence-corrected chi connectivity index (χ4v) is 3.44. The molecule has 136 valence electrons. The zero-order valence-corrected chi connectivity index (χ0v) is 16.4. The Morgan fingerprint density at radius 2 is 2.08 bits per heavy atom. The highest BCUT2D eigenvalue weighted by Gasteiger charge is 2.39. The Bertz CT molecular complexity index is 678. The Labute approximate surface area is 154 Å². The second-order valence-electron chi connectivity index (χ2n) is 6.77. The standard InChI is InChI=1S/C20H27NO3S/c1-7-14(4)20(6,19(22)23)25-15(5)16-8-9-18(17(10-16)11-21)24-12-13(2)3/h8-10,13-14H,5,7,12H2,1-4,6H3,(H,22,23). The molecular weight excluding hydrogens is 334 g/mol. The van der Waals surface area contributed by atoms with Gasteiger partial charge in [0.15, 0.2) is 0 Å². The second-order valence-corrected chi connectivity index (χ2v) is 8.32. The van der Waals surface area contributed by atoms with Crippen molar-refractivity contribution in [3.63, 3.8) is 0 Å². The van der Waals surface area contributed by atoms with Gasteiger partial charge in [0.05, 0.1) is 12.2 Å². The summed E-state index contributed by atoms with van der Waals surface area (Å²) >= 11 is 1.24. The molecule has 0 saturated heterocycles. The third-order valence-corrected chi connectivity index (χ3v) is 5.79. The van der Waals surface area contributed by atoms with Gasteiger partial charge in [0.2, 0.25) is 0 Å². The number of carbonyl (C=O) groups is 1. The highest BCUT2D eigenvalue weighted by Crippen LogP contribution is 2.43. The smallest absolute Gasteiger partial charge is 0.320 e. The average Bonchev–Trinajstić information content (AvgIpc) is 2.58. The second kappa shape index (κ2) is 8.96. The van der Waals surface area contributed by atoms with Crippen molar-refractivity contribution in [3.8, 4) is 11.8 Å². The molecule has 0 heterocycles. The van der Waals surface area contributed by atoms with Crippen molar-refractivity contribution >= 4 is 22.6 Å². The number of aliphatic carboxylic acids is 1. The van der Waals surface area contributed by atoms with Crippen LogP contribution in [0.5, 0.6) is 5.75 Å². The van der Waals surface area contributed by atoms with Gasteiger partial charge in [0, 0.05) is 4.91 Å². The van der Waals surface area contributed by atoms with Crippen molar-refractivity contribution in [1.82, 2.24) is 0 Å². The molecule has 1 aromatic carbocycles. The fourth-order valence-electron chi connectivity index (χ4n) is 2.23. The van der Waals surface area contributed by atoms with Crippen LogP contribution < -0.4 is 4.74 Å². The van der Waals surface area contributed by atoms with Gasteiger partial charge >= 0.3 is 5.97 Å². The normalized spacial score (nSPS) is 14.4. The van der Waals surface area contributed by atoms with E-state index in [0.29, 0.717) is 28.7 Å². The molecular formula is C20H27NO3S. The van der Waals surface area contributed by atoms with Gasteiger partial charge in [-0.25, -0.2) is 0 Å². The number of rotatable bonds is 9. The Kier molecular flexibility index (Phi) is 7.57. The third kappa shape index (κ3) is 5.27. The molecule has 2 unspecified atom stereocenters. The Hall–Kier alpha value is -1.93. The molecule has 1 N–H and O–H groups in total. The lowest BCUT2D eigenvalue weighted by Crippen LogP contribution is -2.38. The largest absolute Gasteiger partial charge is 0.492 e. The first kappa shape index (κ1) is 21.1. The van der Waals surface area contributed by atoms with E-state index in [1.165, 1.54) is 11.8 Å². The van der Waals surface area contributed by atoms with Gasteiger partial charge in [-0.2, -0.15) is 5.26 Å². The average molecular weight is 362 g/mol. The predicted molar refractivity (Wildman–Crippen MR) is 104 cm³/mol. The van der Waals surface area contributed by atoms with Gasteiger partial charge in [0.1, 0.15) is 16.6 Å². The van der Waals surface area contributed by atoms with Crippen LogP contribution in [0.15, 0.2) is 24.8 Å². The van der Waals surface area contributed by atoms with E-state index in [4.69, 9.17) is 4.74 Å². The number of thioether (sulfide) groups is 1. The zero-order chi connectivity index (χ0) is 19.2. The monoisotopic (exact) mass is 361 g/mol. The molecule has 0 aliphatic rings. The molecule has 0 amide bonds. The number of nitriles is 1. The quantitative estimate of drug-likeness (QED) is 0.655. The van der Waals surface area contributed by atoms with Crippen LogP contribution >= 0.6 is 11.8 Å². The predicted octanol–water partition coefficient (Wildman–Crippen LogP) is 5.19. The third-order valence-electron chi connectivity index (χ3n) is 4.31. The molecule has 0 aliphatic carbocycles. The van der Waals surface area contributed by atoms with E-state index >= 15 is 0 Å². The highest BCUT2D eigenvalue weighted by molar-refractivity contribution is 8.10. The Balaban J connectivity index is 3.06. The number of hydrogen-bond donors (Lipinski definition) is 1. The molecule has 0 fully saturated rings. The van der Waals surface area contributed by atoms with Crippen molar-refractivity contribution in [2.75, 3.05) is 6.61 Å². The van der Waals surface area contributed by atoms with Gasteiger partial charge in [-0.3, -0.25) is 4.79 Å².